The van der Waals surface area contributed by atoms with E-state index in [-0.39, 0.29) is 0 Å². The van der Waals surface area contributed by atoms with Crippen molar-refractivity contribution in [3.05, 3.63) is 17.2 Å². The van der Waals surface area contributed by atoms with Crippen molar-refractivity contribution in [1.82, 2.24) is 15.3 Å². The monoisotopic (exact) mass is 179 g/mol. The summed E-state index contributed by atoms with van der Waals surface area (Å²) >= 11 is 0. The molecule has 1 aliphatic heterocycles. The van der Waals surface area contributed by atoms with Gasteiger partial charge in [-0.15, -0.1) is 0 Å². The molecule has 1 atom stereocenters. The molecule has 0 aromatic carbocycles. The van der Waals surface area contributed by atoms with E-state index < -0.39 is 0 Å². The van der Waals surface area contributed by atoms with Crippen LogP contribution < -0.4 is 5.32 Å². The highest BCUT2D eigenvalue weighted by molar-refractivity contribution is 5.11. The standard InChI is InChI=1S/C10H17N3/c1-7-8(2)13-10(12-7)5-9-3-4-11-6-9/h9,11H,3-6H2,1-2H3,(H,12,13). The predicted molar refractivity (Wildman–Crippen MR) is 52.7 cm³/mol. The van der Waals surface area contributed by atoms with Crippen molar-refractivity contribution in [2.24, 2.45) is 5.92 Å². The first-order valence-electron chi connectivity index (χ1n) is 4.98. The van der Waals surface area contributed by atoms with E-state index in [2.05, 4.69) is 29.1 Å². The van der Waals surface area contributed by atoms with Gasteiger partial charge in [0.1, 0.15) is 5.82 Å². The largest absolute Gasteiger partial charge is 0.346 e. The van der Waals surface area contributed by atoms with Crippen LogP contribution in [0.5, 0.6) is 0 Å². The molecule has 0 amide bonds. The fourth-order valence-corrected chi connectivity index (χ4v) is 1.88. The van der Waals surface area contributed by atoms with Crippen LogP contribution in [0.1, 0.15) is 23.6 Å². The molecule has 2 N–H and O–H groups in total. The van der Waals surface area contributed by atoms with E-state index in [9.17, 15) is 0 Å². The molecule has 72 valence electrons. The number of aromatic amines is 1. The summed E-state index contributed by atoms with van der Waals surface area (Å²) in [4.78, 5) is 7.82. The van der Waals surface area contributed by atoms with Crippen LogP contribution in [0, 0.1) is 19.8 Å². The Morgan fingerprint density at radius 3 is 2.85 bits per heavy atom. The summed E-state index contributed by atoms with van der Waals surface area (Å²) in [6, 6.07) is 0. The zero-order valence-corrected chi connectivity index (χ0v) is 8.35. The van der Waals surface area contributed by atoms with Crippen LogP contribution in [-0.2, 0) is 6.42 Å². The maximum Gasteiger partial charge on any atom is 0.106 e. The van der Waals surface area contributed by atoms with Gasteiger partial charge in [0.05, 0.1) is 5.69 Å². The number of rotatable bonds is 2. The molecule has 1 aromatic heterocycles. The van der Waals surface area contributed by atoms with Crippen molar-refractivity contribution < 1.29 is 0 Å². The number of aromatic nitrogens is 2. The number of hydrogen-bond donors (Lipinski definition) is 2. The van der Waals surface area contributed by atoms with E-state index >= 15 is 0 Å². The van der Waals surface area contributed by atoms with Gasteiger partial charge in [-0.1, -0.05) is 0 Å². The summed E-state index contributed by atoms with van der Waals surface area (Å²) in [5.74, 6) is 1.94. The molecular weight excluding hydrogens is 162 g/mol. The molecule has 0 bridgehead atoms. The van der Waals surface area contributed by atoms with Gasteiger partial charge in [0, 0.05) is 12.1 Å². The second-order valence-electron chi connectivity index (χ2n) is 3.96. The summed E-state index contributed by atoms with van der Waals surface area (Å²) in [7, 11) is 0. The fraction of sp³-hybridized carbons (Fsp3) is 0.700. The van der Waals surface area contributed by atoms with Gasteiger partial charge in [-0.2, -0.15) is 0 Å². The topological polar surface area (TPSA) is 40.7 Å². The summed E-state index contributed by atoms with van der Waals surface area (Å²) in [6.07, 6.45) is 2.39. The molecule has 1 aromatic rings. The Bertz CT molecular complexity index is 265. The first-order valence-corrected chi connectivity index (χ1v) is 4.98. The van der Waals surface area contributed by atoms with Crippen LogP contribution in [0.4, 0.5) is 0 Å². The molecule has 2 heterocycles. The summed E-state index contributed by atoms with van der Waals surface area (Å²) < 4.78 is 0. The molecule has 3 nitrogen and oxygen atoms in total. The normalized spacial score (nSPS) is 22.5. The van der Waals surface area contributed by atoms with E-state index in [1.165, 1.54) is 18.7 Å². The van der Waals surface area contributed by atoms with Gasteiger partial charge < -0.3 is 10.3 Å². The van der Waals surface area contributed by atoms with Gasteiger partial charge in [-0.3, -0.25) is 0 Å². The van der Waals surface area contributed by atoms with Crippen LogP contribution in [-0.4, -0.2) is 23.1 Å². The van der Waals surface area contributed by atoms with Gasteiger partial charge >= 0.3 is 0 Å². The second kappa shape index (κ2) is 3.50. The predicted octanol–water partition coefficient (Wildman–Crippen LogP) is 1.18. The number of nitrogens with one attached hydrogen (secondary N) is 2. The molecule has 0 spiro atoms. The van der Waals surface area contributed by atoms with E-state index in [0.717, 1.165) is 30.4 Å². The first-order chi connectivity index (χ1) is 6.25. The highest BCUT2D eigenvalue weighted by atomic mass is 14.9. The van der Waals surface area contributed by atoms with Crippen molar-refractivity contribution in [1.29, 1.82) is 0 Å². The van der Waals surface area contributed by atoms with Crippen LogP contribution in [0.25, 0.3) is 0 Å². The number of hydrogen-bond acceptors (Lipinski definition) is 2. The maximum atomic E-state index is 4.49. The minimum Gasteiger partial charge on any atom is -0.346 e. The highest BCUT2D eigenvalue weighted by Gasteiger charge is 2.16. The first kappa shape index (κ1) is 8.75. The number of aryl methyl sites for hydroxylation is 2. The van der Waals surface area contributed by atoms with Crippen LogP contribution in [0.2, 0.25) is 0 Å². The molecule has 1 unspecified atom stereocenters. The van der Waals surface area contributed by atoms with Gasteiger partial charge in [0.15, 0.2) is 0 Å². The number of nitrogens with zero attached hydrogens (tertiary/aromatic N) is 1. The Morgan fingerprint density at radius 2 is 2.31 bits per heavy atom. The Balaban J connectivity index is 2.00. The SMILES string of the molecule is Cc1nc(CC2CCNC2)[nH]c1C. The van der Waals surface area contributed by atoms with Crippen molar-refractivity contribution >= 4 is 0 Å². The Morgan fingerprint density at radius 1 is 1.46 bits per heavy atom. The third-order valence-corrected chi connectivity index (χ3v) is 2.82. The molecule has 0 saturated carbocycles. The van der Waals surface area contributed by atoms with Gasteiger partial charge in [-0.25, -0.2) is 4.98 Å². The highest BCUT2D eigenvalue weighted by Crippen LogP contribution is 2.14. The zero-order chi connectivity index (χ0) is 9.26. The molecule has 1 fully saturated rings. The minimum absolute atomic E-state index is 0.782. The van der Waals surface area contributed by atoms with Crippen LogP contribution in [0.15, 0.2) is 0 Å². The third kappa shape index (κ3) is 1.91. The van der Waals surface area contributed by atoms with Gasteiger partial charge in [0.2, 0.25) is 0 Å². The Hall–Kier alpha value is -0.830. The van der Waals surface area contributed by atoms with Gasteiger partial charge in [0.25, 0.3) is 0 Å². The quantitative estimate of drug-likeness (QED) is 0.715. The molecule has 2 rings (SSSR count). The summed E-state index contributed by atoms with van der Waals surface area (Å²) in [6.45, 7) is 6.46. The van der Waals surface area contributed by atoms with E-state index in [0.29, 0.717) is 0 Å². The van der Waals surface area contributed by atoms with Crippen LogP contribution in [0.3, 0.4) is 0 Å². The minimum atomic E-state index is 0.782. The van der Waals surface area contributed by atoms with Gasteiger partial charge in [-0.05, 0) is 39.3 Å². The number of H-pyrrole nitrogens is 1. The zero-order valence-electron chi connectivity index (χ0n) is 8.35. The average Bonchev–Trinajstić information content (AvgIpc) is 2.64. The van der Waals surface area contributed by atoms with E-state index in [1.807, 2.05) is 0 Å². The lowest BCUT2D eigenvalue weighted by atomic mass is 10.1. The maximum absolute atomic E-state index is 4.49. The molecular formula is C10H17N3. The molecule has 1 saturated heterocycles. The molecule has 0 aliphatic carbocycles. The molecule has 13 heavy (non-hydrogen) atoms. The van der Waals surface area contributed by atoms with Crippen molar-refractivity contribution in [3.63, 3.8) is 0 Å². The third-order valence-electron chi connectivity index (χ3n) is 2.82. The van der Waals surface area contributed by atoms with Crippen molar-refractivity contribution in [3.8, 4) is 0 Å². The molecule has 0 radical (unpaired) electrons. The lowest BCUT2D eigenvalue weighted by Crippen LogP contribution is -2.11. The lowest BCUT2D eigenvalue weighted by Gasteiger charge is -2.03. The second-order valence-corrected chi connectivity index (χ2v) is 3.96. The lowest BCUT2D eigenvalue weighted by molar-refractivity contribution is 0.564. The van der Waals surface area contributed by atoms with Crippen molar-refractivity contribution in [2.75, 3.05) is 13.1 Å². The number of imidazole rings is 1. The summed E-state index contributed by atoms with van der Waals surface area (Å²) in [5.41, 5.74) is 2.35. The molecule has 1 aliphatic rings. The fourth-order valence-electron chi connectivity index (χ4n) is 1.88. The average molecular weight is 179 g/mol. The Labute approximate surface area is 79.0 Å². The van der Waals surface area contributed by atoms with Crippen LogP contribution >= 0.6 is 0 Å². The summed E-state index contributed by atoms with van der Waals surface area (Å²) in [5, 5.41) is 3.37. The van der Waals surface area contributed by atoms with E-state index in [1.54, 1.807) is 0 Å². The van der Waals surface area contributed by atoms with Crippen molar-refractivity contribution in [2.45, 2.75) is 26.7 Å². The molecule has 3 heteroatoms. The van der Waals surface area contributed by atoms with E-state index in [4.69, 9.17) is 0 Å². The smallest absolute Gasteiger partial charge is 0.106 e. The Kier molecular flexibility index (Phi) is 2.36.